The Morgan fingerprint density at radius 1 is 0.882 bits per heavy atom. The van der Waals surface area contributed by atoms with Crippen molar-refractivity contribution in [2.75, 3.05) is 6.54 Å². The van der Waals surface area contributed by atoms with Crippen LogP contribution >= 0.6 is 0 Å². The molecule has 0 aliphatic carbocycles. The minimum Gasteiger partial charge on any atom is -0.405 e. The predicted octanol–water partition coefficient (Wildman–Crippen LogP) is 5.66. The van der Waals surface area contributed by atoms with Gasteiger partial charge in [-0.2, -0.15) is 0 Å². The Kier molecular flexibility index (Phi) is 5.98. The second-order valence-corrected chi connectivity index (χ2v) is 8.09. The van der Waals surface area contributed by atoms with Crippen LogP contribution in [0.3, 0.4) is 0 Å². The van der Waals surface area contributed by atoms with Crippen LogP contribution in [0.2, 0.25) is 0 Å². The lowest BCUT2D eigenvalue weighted by Gasteiger charge is -2.28. The highest BCUT2D eigenvalue weighted by Crippen LogP contribution is 2.32. The van der Waals surface area contributed by atoms with Gasteiger partial charge in [0.1, 0.15) is 5.75 Å². The summed E-state index contributed by atoms with van der Waals surface area (Å²) >= 11 is 0. The van der Waals surface area contributed by atoms with Crippen molar-refractivity contribution >= 4 is 0 Å². The molecule has 0 bridgehead atoms. The summed E-state index contributed by atoms with van der Waals surface area (Å²) in [6.07, 6.45) is -0.336. The second-order valence-electron chi connectivity index (χ2n) is 8.09. The molecule has 2 aromatic carbocycles. The topological polar surface area (TPSA) is 51.1 Å². The Hall–Kier alpha value is -3.78. The summed E-state index contributed by atoms with van der Waals surface area (Å²) in [5.41, 5.74) is 4.87. The van der Waals surface area contributed by atoms with Gasteiger partial charge in [-0.3, -0.25) is 9.88 Å². The van der Waals surface area contributed by atoms with E-state index < -0.39 is 6.36 Å². The van der Waals surface area contributed by atoms with Gasteiger partial charge in [0.2, 0.25) is 0 Å². The predicted molar refractivity (Wildman–Crippen MR) is 122 cm³/mol. The van der Waals surface area contributed by atoms with E-state index in [-0.39, 0.29) is 5.75 Å². The molecule has 0 spiro atoms. The highest BCUT2D eigenvalue weighted by Gasteiger charge is 2.32. The van der Waals surface area contributed by atoms with Crippen molar-refractivity contribution in [2.45, 2.75) is 25.9 Å². The maximum Gasteiger partial charge on any atom is 0.573 e. The van der Waals surface area contributed by atoms with Crippen molar-refractivity contribution < 1.29 is 17.9 Å². The molecule has 0 radical (unpaired) electrons. The minimum atomic E-state index is -4.76. The Morgan fingerprint density at radius 3 is 2.44 bits per heavy atom. The number of nitrogens with zero attached hydrogens (tertiary/aromatic N) is 4. The Bertz CT molecular complexity index is 1280. The lowest BCUT2D eigenvalue weighted by atomic mass is 10.1. The maximum atomic E-state index is 12.7. The number of halogens is 3. The van der Waals surface area contributed by atoms with E-state index in [0.717, 1.165) is 47.7 Å². The molecule has 0 unspecified atom stereocenters. The van der Waals surface area contributed by atoms with Crippen molar-refractivity contribution in [3.63, 3.8) is 0 Å². The van der Waals surface area contributed by atoms with Gasteiger partial charge in [0.25, 0.3) is 0 Å². The van der Waals surface area contributed by atoms with Crippen LogP contribution in [0.4, 0.5) is 13.2 Å². The monoisotopic (exact) mass is 462 g/mol. The van der Waals surface area contributed by atoms with Crippen LogP contribution in [0.5, 0.6) is 5.75 Å². The molecule has 2 aromatic heterocycles. The van der Waals surface area contributed by atoms with E-state index in [1.54, 1.807) is 24.4 Å². The zero-order chi connectivity index (χ0) is 23.5. The van der Waals surface area contributed by atoms with Crippen LogP contribution in [0.25, 0.3) is 22.6 Å². The van der Waals surface area contributed by atoms with Crippen molar-refractivity contribution in [3.05, 3.63) is 95.9 Å². The normalized spacial score (nSPS) is 14.0. The molecule has 3 heterocycles. The smallest absolute Gasteiger partial charge is 0.405 e. The molecule has 1 aliphatic heterocycles. The molecule has 5 rings (SSSR count). The number of benzene rings is 2. The first-order chi connectivity index (χ1) is 16.4. The van der Waals surface area contributed by atoms with Crippen molar-refractivity contribution in [2.24, 2.45) is 0 Å². The summed E-state index contributed by atoms with van der Waals surface area (Å²) in [6.45, 7) is 2.25. The molecule has 0 saturated heterocycles. The number of ether oxygens (including phenoxy) is 1. The number of hydrogen-bond acceptors (Lipinski definition) is 5. The molecule has 5 nitrogen and oxygen atoms in total. The van der Waals surface area contributed by atoms with E-state index >= 15 is 0 Å². The third-order valence-corrected chi connectivity index (χ3v) is 5.66. The van der Waals surface area contributed by atoms with Crippen LogP contribution < -0.4 is 4.74 Å². The van der Waals surface area contributed by atoms with Gasteiger partial charge in [-0.25, -0.2) is 9.97 Å². The summed E-state index contributed by atoms with van der Waals surface area (Å²) in [4.78, 5) is 16.0. The number of para-hydroxylation sites is 1. The van der Waals surface area contributed by atoms with E-state index in [1.807, 2.05) is 42.6 Å². The second kappa shape index (κ2) is 9.23. The zero-order valence-electron chi connectivity index (χ0n) is 18.2. The summed E-state index contributed by atoms with van der Waals surface area (Å²) in [5, 5.41) is 0. The van der Waals surface area contributed by atoms with Gasteiger partial charge in [-0.05, 0) is 23.8 Å². The fraction of sp³-hybridized carbons (Fsp3) is 0.192. The van der Waals surface area contributed by atoms with Gasteiger partial charge in [0.15, 0.2) is 5.82 Å². The molecule has 34 heavy (non-hydrogen) atoms. The van der Waals surface area contributed by atoms with Crippen molar-refractivity contribution in [3.8, 4) is 28.4 Å². The fourth-order valence-corrected chi connectivity index (χ4v) is 4.06. The molecule has 0 amide bonds. The van der Waals surface area contributed by atoms with E-state index in [9.17, 15) is 13.2 Å². The number of hydrogen-bond donors (Lipinski definition) is 0. The van der Waals surface area contributed by atoms with Crippen LogP contribution in [0, 0.1) is 0 Å². The van der Waals surface area contributed by atoms with Gasteiger partial charge >= 0.3 is 6.36 Å². The molecule has 0 N–H and O–H groups in total. The van der Waals surface area contributed by atoms with Crippen LogP contribution in [-0.2, 0) is 19.5 Å². The molecule has 0 fully saturated rings. The van der Waals surface area contributed by atoms with Gasteiger partial charge in [0.05, 0.1) is 11.4 Å². The molecule has 4 aromatic rings. The third kappa shape index (κ3) is 5.07. The molecular weight excluding hydrogens is 441 g/mol. The molecule has 0 atom stereocenters. The van der Waals surface area contributed by atoms with Crippen molar-refractivity contribution in [1.82, 2.24) is 19.9 Å². The SMILES string of the molecule is FC(F)(F)Oc1ccccc1-c1ccc(CN2CCc3nc(-c4ccccc4)ncc3C2)cn1. The number of rotatable bonds is 5. The molecule has 0 saturated carbocycles. The maximum absolute atomic E-state index is 12.7. The molecule has 172 valence electrons. The van der Waals surface area contributed by atoms with Crippen LogP contribution in [-0.4, -0.2) is 32.8 Å². The van der Waals surface area contributed by atoms with Gasteiger partial charge in [-0.15, -0.1) is 13.2 Å². The van der Waals surface area contributed by atoms with Crippen LogP contribution in [0.15, 0.2) is 79.1 Å². The standard InChI is InChI=1S/C26H21F3N4O/c27-26(28,29)34-24-9-5-4-8-21(24)23-11-10-18(14-30-23)16-33-13-12-22-20(17-33)15-31-25(32-22)19-6-2-1-3-7-19/h1-11,14-15H,12-13,16-17H2. The number of aromatic nitrogens is 3. The first-order valence-corrected chi connectivity index (χ1v) is 10.9. The fourth-order valence-electron chi connectivity index (χ4n) is 4.06. The van der Waals surface area contributed by atoms with Crippen molar-refractivity contribution in [1.29, 1.82) is 0 Å². The molecular formula is C26H21F3N4O. The van der Waals surface area contributed by atoms with Gasteiger partial charge in [0, 0.05) is 55.1 Å². The average Bonchev–Trinajstić information content (AvgIpc) is 2.84. The summed E-state index contributed by atoms with van der Waals surface area (Å²) < 4.78 is 42.3. The van der Waals surface area contributed by atoms with E-state index in [2.05, 4.69) is 19.6 Å². The lowest BCUT2D eigenvalue weighted by molar-refractivity contribution is -0.274. The zero-order valence-corrected chi connectivity index (χ0v) is 18.2. The molecule has 8 heteroatoms. The highest BCUT2D eigenvalue weighted by molar-refractivity contribution is 5.67. The number of fused-ring (bicyclic) bond motifs is 1. The quantitative estimate of drug-likeness (QED) is 0.383. The van der Waals surface area contributed by atoms with Crippen LogP contribution in [0.1, 0.15) is 16.8 Å². The van der Waals surface area contributed by atoms with E-state index in [0.29, 0.717) is 17.8 Å². The highest BCUT2D eigenvalue weighted by atomic mass is 19.4. The summed E-state index contributed by atoms with van der Waals surface area (Å²) in [6, 6.07) is 19.5. The first-order valence-electron chi connectivity index (χ1n) is 10.9. The van der Waals surface area contributed by atoms with Gasteiger partial charge in [-0.1, -0.05) is 48.5 Å². The molecule has 1 aliphatic rings. The minimum absolute atomic E-state index is 0.266. The van der Waals surface area contributed by atoms with E-state index in [4.69, 9.17) is 4.98 Å². The average molecular weight is 462 g/mol. The largest absolute Gasteiger partial charge is 0.573 e. The van der Waals surface area contributed by atoms with Gasteiger partial charge < -0.3 is 4.74 Å². The third-order valence-electron chi connectivity index (χ3n) is 5.66. The Balaban J connectivity index is 1.27. The summed E-state index contributed by atoms with van der Waals surface area (Å²) in [7, 11) is 0. The first kappa shape index (κ1) is 22.0. The number of alkyl halides is 3. The Morgan fingerprint density at radius 2 is 1.68 bits per heavy atom. The Labute approximate surface area is 194 Å². The summed E-state index contributed by atoms with van der Waals surface area (Å²) in [5.74, 6) is 0.472. The lowest BCUT2D eigenvalue weighted by Crippen LogP contribution is -2.31. The number of pyridine rings is 1. The van der Waals surface area contributed by atoms with E-state index in [1.165, 1.54) is 12.1 Å².